The van der Waals surface area contributed by atoms with Crippen LogP contribution in [0.2, 0.25) is 0 Å². The second kappa shape index (κ2) is 6.20. The lowest BCUT2D eigenvalue weighted by Gasteiger charge is -2.03. The summed E-state index contributed by atoms with van der Waals surface area (Å²) in [5, 5.41) is 10.8. The predicted molar refractivity (Wildman–Crippen MR) is 61.1 cm³/mol. The smallest absolute Gasteiger partial charge is 0.221 e. The van der Waals surface area contributed by atoms with Gasteiger partial charge in [-0.25, -0.2) is 0 Å². The quantitative estimate of drug-likeness (QED) is 0.848. The van der Waals surface area contributed by atoms with Gasteiger partial charge in [-0.1, -0.05) is 34.1 Å². The first-order chi connectivity index (χ1) is 7.24. The Bertz CT molecular complexity index is 384. The fourth-order valence-corrected chi connectivity index (χ4v) is 1.66. The molecule has 1 N–H and O–H groups in total. The first-order valence-corrected chi connectivity index (χ1v) is 5.40. The molecule has 0 radical (unpaired) electrons. The summed E-state index contributed by atoms with van der Waals surface area (Å²) in [5.41, 5.74) is 1.10. The van der Waals surface area contributed by atoms with Crippen molar-refractivity contribution in [2.75, 3.05) is 6.54 Å². The molecule has 78 valence electrons. The third-order valence-electron chi connectivity index (χ3n) is 1.94. The van der Waals surface area contributed by atoms with Gasteiger partial charge in [-0.2, -0.15) is 5.26 Å². The normalized spacial score (nSPS) is 9.33. The number of nitrogens with one attached hydrogen (secondary N) is 1. The standard InChI is InChI=1S/C11H11BrN2O/c12-10-4-2-1-3-9(10)5-6-11(15)14-8-7-13/h1-4H,5-6,8H2,(H,14,15). The molecule has 0 heterocycles. The molecule has 1 rings (SSSR count). The van der Waals surface area contributed by atoms with Crippen LogP contribution in [-0.4, -0.2) is 12.5 Å². The van der Waals surface area contributed by atoms with Gasteiger partial charge in [0.05, 0.1) is 6.07 Å². The van der Waals surface area contributed by atoms with E-state index < -0.39 is 0 Å². The largest absolute Gasteiger partial charge is 0.343 e. The minimum Gasteiger partial charge on any atom is -0.343 e. The number of nitriles is 1. The monoisotopic (exact) mass is 266 g/mol. The van der Waals surface area contributed by atoms with E-state index in [1.54, 1.807) is 0 Å². The predicted octanol–water partition coefficient (Wildman–Crippen LogP) is 2.02. The maximum absolute atomic E-state index is 11.2. The van der Waals surface area contributed by atoms with Gasteiger partial charge < -0.3 is 5.32 Å². The van der Waals surface area contributed by atoms with E-state index >= 15 is 0 Å². The minimum atomic E-state index is -0.0905. The van der Waals surface area contributed by atoms with Gasteiger partial charge in [0.1, 0.15) is 6.54 Å². The summed E-state index contributed by atoms with van der Waals surface area (Å²) >= 11 is 3.41. The van der Waals surface area contributed by atoms with Gasteiger partial charge in [0, 0.05) is 10.9 Å². The summed E-state index contributed by atoms with van der Waals surface area (Å²) in [6.45, 7) is 0.0782. The van der Waals surface area contributed by atoms with E-state index in [0.717, 1.165) is 10.0 Å². The molecule has 0 atom stereocenters. The Labute approximate surface area is 97.2 Å². The topological polar surface area (TPSA) is 52.9 Å². The van der Waals surface area contributed by atoms with Gasteiger partial charge in [0.15, 0.2) is 0 Å². The summed E-state index contributed by atoms with van der Waals surface area (Å²) in [4.78, 5) is 11.2. The first-order valence-electron chi connectivity index (χ1n) is 4.61. The zero-order valence-electron chi connectivity index (χ0n) is 8.16. The molecule has 3 nitrogen and oxygen atoms in total. The molecule has 1 aromatic carbocycles. The summed E-state index contributed by atoms with van der Waals surface area (Å²) in [7, 11) is 0. The molecule has 15 heavy (non-hydrogen) atoms. The van der Waals surface area contributed by atoms with Crippen molar-refractivity contribution in [2.24, 2.45) is 0 Å². The Morgan fingerprint density at radius 1 is 1.47 bits per heavy atom. The SMILES string of the molecule is N#CCNC(=O)CCc1ccccc1Br. The van der Waals surface area contributed by atoms with Crippen molar-refractivity contribution in [1.29, 1.82) is 5.26 Å². The number of rotatable bonds is 4. The van der Waals surface area contributed by atoms with Crippen molar-refractivity contribution >= 4 is 21.8 Å². The molecule has 0 bridgehead atoms. The lowest BCUT2D eigenvalue weighted by Crippen LogP contribution is -2.23. The van der Waals surface area contributed by atoms with Crippen LogP contribution in [0.15, 0.2) is 28.7 Å². The van der Waals surface area contributed by atoms with Crippen LogP contribution in [0.4, 0.5) is 0 Å². The van der Waals surface area contributed by atoms with Crippen LogP contribution in [0.1, 0.15) is 12.0 Å². The molecule has 4 heteroatoms. The molecule has 0 aromatic heterocycles. The van der Waals surface area contributed by atoms with Crippen molar-refractivity contribution < 1.29 is 4.79 Å². The van der Waals surface area contributed by atoms with Gasteiger partial charge in [-0.3, -0.25) is 4.79 Å². The molecular formula is C11H11BrN2O. The van der Waals surface area contributed by atoms with Gasteiger partial charge in [0.25, 0.3) is 0 Å². The third kappa shape index (κ3) is 4.13. The van der Waals surface area contributed by atoms with Crippen LogP contribution in [0, 0.1) is 11.3 Å². The van der Waals surface area contributed by atoms with Crippen molar-refractivity contribution in [2.45, 2.75) is 12.8 Å². The molecule has 0 aliphatic heterocycles. The van der Waals surface area contributed by atoms with Gasteiger partial charge in [-0.15, -0.1) is 0 Å². The van der Waals surface area contributed by atoms with E-state index in [0.29, 0.717) is 12.8 Å². The Morgan fingerprint density at radius 2 is 2.20 bits per heavy atom. The third-order valence-corrected chi connectivity index (χ3v) is 2.72. The van der Waals surface area contributed by atoms with Crippen molar-refractivity contribution in [3.8, 4) is 6.07 Å². The van der Waals surface area contributed by atoms with E-state index in [2.05, 4.69) is 21.2 Å². The highest BCUT2D eigenvalue weighted by molar-refractivity contribution is 9.10. The number of nitrogens with zero attached hydrogens (tertiary/aromatic N) is 1. The van der Waals surface area contributed by atoms with E-state index in [4.69, 9.17) is 5.26 Å². The molecule has 0 aliphatic carbocycles. The second-order valence-corrected chi connectivity index (χ2v) is 3.88. The number of amides is 1. The van der Waals surface area contributed by atoms with E-state index in [9.17, 15) is 4.79 Å². The zero-order chi connectivity index (χ0) is 11.1. The summed E-state index contributed by atoms with van der Waals surface area (Å²) in [6, 6.07) is 9.66. The number of benzene rings is 1. The Morgan fingerprint density at radius 3 is 2.87 bits per heavy atom. The Balaban J connectivity index is 2.41. The molecule has 1 amide bonds. The summed E-state index contributed by atoms with van der Waals surface area (Å²) in [6.07, 6.45) is 1.09. The highest BCUT2D eigenvalue weighted by Crippen LogP contribution is 2.17. The Kier molecular flexibility index (Phi) is 4.85. The number of aryl methyl sites for hydroxylation is 1. The van der Waals surface area contributed by atoms with Crippen LogP contribution in [-0.2, 0) is 11.2 Å². The van der Waals surface area contributed by atoms with Crippen LogP contribution < -0.4 is 5.32 Å². The molecular weight excluding hydrogens is 256 g/mol. The molecule has 0 saturated carbocycles. The van der Waals surface area contributed by atoms with Crippen LogP contribution in [0.25, 0.3) is 0 Å². The number of hydrogen-bond donors (Lipinski definition) is 1. The van der Waals surface area contributed by atoms with Crippen LogP contribution in [0.5, 0.6) is 0 Å². The molecule has 0 fully saturated rings. The van der Waals surface area contributed by atoms with Crippen LogP contribution in [0.3, 0.4) is 0 Å². The van der Waals surface area contributed by atoms with Crippen molar-refractivity contribution in [1.82, 2.24) is 5.32 Å². The first kappa shape index (κ1) is 11.7. The average Bonchev–Trinajstić information content (AvgIpc) is 2.25. The van der Waals surface area contributed by atoms with Crippen molar-refractivity contribution in [3.05, 3.63) is 34.3 Å². The molecule has 0 unspecified atom stereocenters. The van der Waals surface area contributed by atoms with E-state index in [1.165, 1.54) is 0 Å². The molecule has 1 aromatic rings. The van der Waals surface area contributed by atoms with Crippen molar-refractivity contribution in [3.63, 3.8) is 0 Å². The lowest BCUT2D eigenvalue weighted by atomic mass is 10.1. The summed E-state index contributed by atoms with van der Waals surface area (Å²) in [5.74, 6) is -0.0905. The van der Waals surface area contributed by atoms with E-state index in [-0.39, 0.29) is 12.5 Å². The average molecular weight is 267 g/mol. The highest BCUT2D eigenvalue weighted by atomic mass is 79.9. The van der Waals surface area contributed by atoms with E-state index in [1.807, 2.05) is 30.3 Å². The van der Waals surface area contributed by atoms with Gasteiger partial charge in [0.2, 0.25) is 5.91 Å². The fraction of sp³-hybridized carbons (Fsp3) is 0.273. The number of carbonyl (C=O) groups excluding carboxylic acids is 1. The second-order valence-electron chi connectivity index (χ2n) is 3.03. The maximum atomic E-state index is 11.2. The van der Waals surface area contributed by atoms with Gasteiger partial charge >= 0.3 is 0 Å². The number of halogens is 1. The Hall–Kier alpha value is -1.34. The fourth-order valence-electron chi connectivity index (χ4n) is 1.18. The summed E-state index contributed by atoms with van der Waals surface area (Å²) < 4.78 is 1.01. The number of carbonyl (C=O) groups is 1. The molecule has 0 spiro atoms. The molecule has 0 aliphatic rings. The van der Waals surface area contributed by atoms with Gasteiger partial charge in [-0.05, 0) is 18.1 Å². The minimum absolute atomic E-state index is 0.0782. The van der Waals surface area contributed by atoms with Crippen LogP contribution >= 0.6 is 15.9 Å². The highest BCUT2D eigenvalue weighted by Gasteiger charge is 2.03. The molecule has 0 saturated heterocycles. The lowest BCUT2D eigenvalue weighted by molar-refractivity contribution is -0.120. The number of hydrogen-bond acceptors (Lipinski definition) is 2. The maximum Gasteiger partial charge on any atom is 0.221 e. The zero-order valence-corrected chi connectivity index (χ0v) is 9.75.